The third-order valence-electron chi connectivity index (χ3n) is 1.94. The lowest BCUT2D eigenvalue weighted by molar-refractivity contribution is -0.184. The van der Waals surface area contributed by atoms with Crippen LogP contribution in [-0.4, -0.2) is 18.7 Å². The average molecular weight is 305 g/mol. The summed E-state index contributed by atoms with van der Waals surface area (Å²) in [6, 6.07) is 0.936. The Bertz CT molecular complexity index is 495. The monoisotopic (exact) mass is 305 g/mol. The predicted octanol–water partition coefficient (Wildman–Crippen LogP) is 3.07. The fourth-order valence-electron chi connectivity index (χ4n) is 1.11. The third-order valence-corrected chi connectivity index (χ3v) is 1.94. The van der Waals surface area contributed by atoms with Gasteiger partial charge in [0, 0.05) is 0 Å². The molecule has 112 valence electrons. The van der Waals surface area contributed by atoms with E-state index in [9.17, 15) is 35.5 Å². The molecule has 1 aromatic carbocycles. The first-order chi connectivity index (χ1) is 9.00. The summed E-state index contributed by atoms with van der Waals surface area (Å²) in [6.07, 6.45) is -9.57. The van der Waals surface area contributed by atoms with E-state index in [4.69, 9.17) is 0 Å². The minimum Gasteiger partial charge on any atom is -0.267 e. The van der Waals surface area contributed by atoms with E-state index in [2.05, 4.69) is 4.84 Å². The Labute approximate surface area is 107 Å². The van der Waals surface area contributed by atoms with Crippen molar-refractivity contribution in [2.45, 2.75) is 12.4 Å². The maximum atomic E-state index is 13.2. The SMILES string of the molecule is O=C(NOCC(F)(F)F)c1cc(C(F)(F)F)ccc1F. The number of nitrogens with one attached hydrogen (secondary N) is 1. The first-order valence-corrected chi connectivity index (χ1v) is 4.86. The molecule has 0 saturated heterocycles. The van der Waals surface area contributed by atoms with E-state index in [0.717, 1.165) is 0 Å². The molecule has 20 heavy (non-hydrogen) atoms. The highest BCUT2D eigenvalue weighted by Crippen LogP contribution is 2.30. The van der Waals surface area contributed by atoms with Crippen molar-refractivity contribution in [3.63, 3.8) is 0 Å². The molecule has 1 N–H and O–H groups in total. The summed E-state index contributed by atoms with van der Waals surface area (Å²) in [7, 11) is 0. The molecule has 0 aliphatic heterocycles. The number of rotatable bonds is 3. The maximum Gasteiger partial charge on any atom is 0.416 e. The third kappa shape index (κ3) is 4.68. The quantitative estimate of drug-likeness (QED) is 0.688. The van der Waals surface area contributed by atoms with Gasteiger partial charge in [-0.3, -0.25) is 9.63 Å². The smallest absolute Gasteiger partial charge is 0.267 e. The van der Waals surface area contributed by atoms with Crippen molar-refractivity contribution in [3.8, 4) is 0 Å². The molecule has 0 fully saturated rings. The highest BCUT2D eigenvalue weighted by Gasteiger charge is 2.32. The van der Waals surface area contributed by atoms with Crippen LogP contribution in [0.1, 0.15) is 15.9 Å². The maximum absolute atomic E-state index is 13.2. The molecule has 1 aromatic rings. The van der Waals surface area contributed by atoms with Crippen LogP contribution >= 0.6 is 0 Å². The molecule has 3 nitrogen and oxygen atoms in total. The lowest BCUT2D eigenvalue weighted by atomic mass is 10.1. The normalized spacial score (nSPS) is 12.3. The van der Waals surface area contributed by atoms with E-state index in [1.165, 1.54) is 5.48 Å². The van der Waals surface area contributed by atoms with Crippen LogP contribution in [0.4, 0.5) is 30.7 Å². The van der Waals surface area contributed by atoms with Crippen molar-refractivity contribution in [2.75, 3.05) is 6.61 Å². The lowest BCUT2D eigenvalue weighted by Crippen LogP contribution is -2.30. The molecule has 0 saturated carbocycles. The van der Waals surface area contributed by atoms with Gasteiger partial charge in [-0.2, -0.15) is 26.3 Å². The van der Waals surface area contributed by atoms with Gasteiger partial charge in [0.25, 0.3) is 5.91 Å². The van der Waals surface area contributed by atoms with Crippen LogP contribution in [0.25, 0.3) is 0 Å². The summed E-state index contributed by atoms with van der Waals surface area (Å²) < 4.78 is 85.3. The molecule has 1 rings (SSSR count). The van der Waals surface area contributed by atoms with Crippen molar-refractivity contribution >= 4 is 5.91 Å². The van der Waals surface area contributed by atoms with Gasteiger partial charge in [0.2, 0.25) is 0 Å². The van der Waals surface area contributed by atoms with Crippen LogP contribution in [-0.2, 0) is 11.0 Å². The Kier molecular flexibility index (Phi) is 4.58. The molecule has 1 amide bonds. The number of benzene rings is 1. The molecule has 0 bridgehead atoms. The van der Waals surface area contributed by atoms with E-state index < -0.39 is 41.8 Å². The molecular formula is C10H6F7NO2. The Balaban J connectivity index is 2.82. The summed E-state index contributed by atoms with van der Waals surface area (Å²) >= 11 is 0. The van der Waals surface area contributed by atoms with Crippen LogP contribution < -0.4 is 5.48 Å². The predicted molar refractivity (Wildman–Crippen MR) is 50.9 cm³/mol. The fourth-order valence-corrected chi connectivity index (χ4v) is 1.11. The van der Waals surface area contributed by atoms with E-state index in [1.54, 1.807) is 0 Å². The largest absolute Gasteiger partial charge is 0.416 e. The van der Waals surface area contributed by atoms with Crippen molar-refractivity contribution < 1.29 is 40.4 Å². The van der Waals surface area contributed by atoms with Crippen LogP contribution in [0, 0.1) is 5.82 Å². The first-order valence-electron chi connectivity index (χ1n) is 4.86. The van der Waals surface area contributed by atoms with E-state index >= 15 is 0 Å². The Morgan fingerprint density at radius 2 is 1.75 bits per heavy atom. The minimum absolute atomic E-state index is 0.168. The minimum atomic E-state index is -4.82. The van der Waals surface area contributed by atoms with Gasteiger partial charge < -0.3 is 0 Å². The zero-order valence-corrected chi connectivity index (χ0v) is 9.40. The van der Waals surface area contributed by atoms with Crippen LogP contribution in [0.15, 0.2) is 18.2 Å². The number of alkyl halides is 6. The summed E-state index contributed by atoms with van der Waals surface area (Å²) in [5.74, 6) is -2.89. The number of hydrogen-bond acceptors (Lipinski definition) is 2. The summed E-state index contributed by atoms with van der Waals surface area (Å²) in [6.45, 7) is -1.86. The lowest BCUT2D eigenvalue weighted by Gasteiger charge is -2.11. The van der Waals surface area contributed by atoms with Crippen LogP contribution in [0.2, 0.25) is 0 Å². The van der Waals surface area contributed by atoms with E-state index in [0.29, 0.717) is 12.1 Å². The van der Waals surface area contributed by atoms with Crippen molar-refractivity contribution in [1.82, 2.24) is 5.48 Å². The fraction of sp³-hybridized carbons (Fsp3) is 0.300. The van der Waals surface area contributed by atoms with E-state index in [1.807, 2.05) is 0 Å². The highest BCUT2D eigenvalue weighted by atomic mass is 19.4. The first kappa shape index (κ1) is 16.2. The molecule has 0 aliphatic carbocycles. The standard InChI is InChI=1S/C10H6F7NO2/c11-7-2-1-5(10(15,16)17)3-6(7)8(19)18-20-4-9(12,13)14/h1-3H,4H2,(H,18,19). The van der Waals surface area contributed by atoms with Crippen molar-refractivity contribution in [3.05, 3.63) is 35.1 Å². The number of halogens is 7. The summed E-state index contributed by atoms with van der Waals surface area (Å²) in [4.78, 5) is 14.9. The second-order valence-electron chi connectivity index (χ2n) is 3.53. The number of hydrogen-bond donors (Lipinski definition) is 1. The summed E-state index contributed by atoms with van der Waals surface area (Å²) in [5, 5.41) is 0. The van der Waals surface area contributed by atoms with Gasteiger partial charge in [0.05, 0.1) is 11.1 Å². The summed E-state index contributed by atoms with van der Waals surface area (Å²) in [5.41, 5.74) is -1.19. The van der Waals surface area contributed by atoms with Crippen molar-refractivity contribution in [2.24, 2.45) is 0 Å². The second kappa shape index (κ2) is 5.65. The zero-order valence-electron chi connectivity index (χ0n) is 9.40. The van der Waals surface area contributed by atoms with Gasteiger partial charge in [0.15, 0.2) is 6.61 Å². The molecular weight excluding hydrogens is 299 g/mol. The van der Waals surface area contributed by atoms with Crippen LogP contribution in [0.3, 0.4) is 0 Å². The number of carbonyl (C=O) groups excluding carboxylic acids is 1. The number of carbonyl (C=O) groups is 1. The second-order valence-corrected chi connectivity index (χ2v) is 3.53. The van der Waals surface area contributed by atoms with Crippen LogP contribution in [0.5, 0.6) is 0 Å². The van der Waals surface area contributed by atoms with Gasteiger partial charge in [-0.15, -0.1) is 0 Å². The number of hydroxylamine groups is 1. The Hall–Kier alpha value is -1.84. The molecule has 0 heterocycles. The van der Waals surface area contributed by atoms with E-state index in [-0.39, 0.29) is 6.07 Å². The van der Waals surface area contributed by atoms with Gasteiger partial charge in [-0.25, -0.2) is 9.87 Å². The average Bonchev–Trinajstić information content (AvgIpc) is 2.25. The highest BCUT2D eigenvalue weighted by molar-refractivity contribution is 5.93. The molecule has 0 aliphatic rings. The topological polar surface area (TPSA) is 38.3 Å². The molecule has 0 aromatic heterocycles. The number of amides is 1. The molecule has 10 heteroatoms. The van der Waals surface area contributed by atoms with Gasteiger partial charge in [-0.1, -0.05) is 0 Å². The molecule has 0 radical (unpaired) electrons. The Morgan fingerprint density at radius 3 is 2.25 bits per heavy atom. The molecule has 0 atom stereocenters. The van der Waals surface area contributed by atoms with Gasteiger partial charge in [-0.05, 0) is 18.2 Å². The zero-order chi connectivity index (χ0) is 15.6. The van der Waals surface area contributed by atoms with Crippen molar-refractivity contribution in [1.29, 1.82) is 0 Å². The molecule has 0 spiro atoms. The Morgan fingerprint density at radius 1 is 1.15 bits per heavy atom. The van der Waals surface area contributed by atoms with Gasteiger partial charge >= 0.3 is 12.4 Å². The molecule has 0 unspecified atom stereocenters. The van der Waals surface area contributed by atoms with Gasteiger partial charge in [0.1, 0.15) is 5.82 Å².